The normalized spacial score (nSPS) is 10.9. The van der Waals surface area contributed by atoms with Crippen molar-refractivity contribution in [2.75, 3.05) is 6.61 Å². The number of hydrogen-bond acceptors (Lipinski definition) is 7. The molecule has 0 unspecified atom stereocenters. The molecule has 0 aliphatic rings. The predicted molar refractivity (Wildman–Crippen MR) is 97.8 cm³/mol. The number of esters is 1. The molecule has 0 radical (unpaired) electrons. The van der Waals surface area contributed by atoms with Gasteiger partial charge in [0.2, 0.25) is 5.43 Å². The Morgan fingerprint density at radius 1 is 1.07 bits per heavy atom. The molecule has 0 atom stereocenters. The minimum absolute atomic E-state index is 0.00142. The van der Waals surface area contributed by atoms with Gasteiger partial charge in [-0.3, -0.25) is 9.59 Å². The van der Waals surface area contributed by atoms with E-state index in [9.17, 15) is 19.8 Å². The molecule has 7 heteroatoms. The quantitative estimate of drug-likeness (QED) is 0.347. The largest absolute Gasteiger partial charge is 0.508 e. The third kappa shape index (κ3) is 4.09. The van der Waals surface area contributed by atoms with Gasteiger partial charge in [-0.15, -0.1) is 0 Å². The fourth-order valence-corrected chi connectivity index (χ4v) is 2.67. The first-order valence-electron chi connectivity index (χ1n) is 8.39. The summed E-state index contributed by atoms with van der Waals surface area (Å²) in [6.07, 6.45) is 2.36. The summed E-state index contributed by atoms with van der Waals surface area (Å²) in [5, 5.41) is 28.3. The van der Waals surface area contributed by atoms with Crippen molar-refractivity contribution in [2.24, 2.45) is 0 Å². The summed E-state index contributed by atoms with van der Waals surface area (Å²) in [5.41, 5.74) is 0.398. The Kier molecular flexibility index (Phi) is 5.42. The molecule has 3 rings (SSSR count). The lowest BCUT2D eigenvalue weighted by molar-refractivity contribution is -0.134. The van der Waals surface area contributed by atoms with E-state index in [4.69, 9.17) is 14.3 Å². The summed E-state index contributed by atoms with van der Waals surface area (Å²) in [6, 6.07) is 8.56. The van der Waals surface area contributed by atoms with E-state index >= 15 is 0 Å². The van der Waals surface area contributed by atoms with Crippen molar-refractivity contribution in [1.82, 2.24) is 0 Å². The van der Waals surface area contributed by atoms with Gasteiger partial charge in [-0.2, -0.15) is 0 Å². The van der Waals surface area contributed by atoms with Gasteiger partial charge in [0.15, 0.2) is 0 Å². The van der Waals surface area contributed by atoms with E-state index in [1.807, 2.05) is 0 Å². The van der Waals surface area contributed by atoms with Crippen molar-refractivity contribution in [3.63, 3.8) is 0 Å². The van der Waals surface area contributed by atoms with Crippen molar-refractivity contribution in [3.8, 4) is 28.4 Å². The van der Waals surface area contributed by atoms with Crippen LogP contribution in [0.5, 0.6) is 17.2 Å². The van der Waals surface area contributed by atoms with Crippen LogP contribution in [0.3, 0.4) is 0 Å². The molecule has 0 amide bonds. The Hall–Kier alpha value is -3.32. The van der Waals surface area contributed by atoms with E-state index < -0.39 is 11.4 Å². The Balaban J connectivity index is 1.93. The summed E-state index contributed by atoms with van der Waals surface area (Å²) in [6.45, 7) is -0.00142. The van der Waals surface area contributed by atoms with Crippen molar-refractivity contribution < 1.29 is 29.3 Å². The third-order valence-corrected chi connectivity index (χ3v) is 4.03. The third-order valence-electron chi connectivity index (χ3n) is 4.03. The van der Waals surface area contributed by atoms with Gasteiger partial charge in [0, 0.05) is 25.2 Å². The first-order chi connectivity index (χ1) is 13.0. The summed E-state index contributed by atoms with van der Waals surface area (Å²) in [7, 11) is 0. The molecule has 1 heterocycles. The second-order valence-corrected chi connectivity index (χ2v) is 6.00. The molecule has 3 N–H and O–H groups in total. The monoisotopic (exact) mass is 370 g/mol. The number of phenolic OH excluding ortho intramolecular Hbond substituents is 2. The molecule has 0 saturated carbocycles. The van der Waals surface area contributed by atoms with E-state index in [1.54, 1.807) is 12.1 Å². The fraction of sp³-hybridized carbons (Fsp3) is 0.200. The lowest BCUT2D eigenvalue weighted by Gasteiger charge is -2.08. The van der Waals surface area contributed by atoms with Gasteiger partial charge in [-0.05, 0) is 30.5 Å². The summed E-state index contributed by atoms with van der Waals surface area (Å²) in [5.74, 6) is -0.739. The van der Waals surface area contributed by atoms with E-state index in [1.165, 1.54) is 30.5 Å². The SMILES string of the molecule is O=C(CCCCO)Oc1cc(O)c2c(=O)c(-c3ccc(O)cc3)coc2c1. The van der Waals surface area contributed by atoms with Crippen LogP contribution in [0.15, 0.2) is 51.9 Å². The van der Waals surface area contributed by atoms with E-state index in [0.29, 0.717) is 18.4 Å². The molecule has 0 spiro atoms. The number of unbranched alkanes of at least 4 members (excludes halogenated alkanes) is 1. The number of benzene rings is 2. The van der Waals surface area contributed by atoms with Crippen LogP contribution in [0, 0.1) is 0 Å². The molecule has 3 aromatic rings. The lowest BCUT2D eigenvalue weighted by atomic mass is 10.0. The minimum atomic E-state index is -0.509. The molecule has 1 aromatic heterocycles. The number of fused-ring (bicyclic) bond motifs is 1. The van der Waals surface area contributed by atoms with Crippen LogP contribution < -0.4 is 10.2 Å². The van der Waals surface area contributed by atoms with Crippen LogP contribution in [-0.2, 0) is 4.79 Å². The number of carbonyl (C=O) groups is 1. The molecule has 27 heavy (non-hydrogen) atoms. The van der Waals surface area contributed by atoms with E-state index in [0.717, 1.165) is 0 Å². The minimum Gasteiger partial charge on any atom is -0.508 e. The highest BCUT2D eigenvalue weighted by molar-refractivity contribution is 5.88. The number of aliphatic hydroxyl groups excluding tert-OH is 1. The second-order valence-electron chi connectivity index (χ2n) is 6.00. The zero-order valence-corrected chi connectivity index (χ0v) is 14.3. The van der Waals surface area contributed by atoms with Gasteiger partial charge >= 0.3 is 5.97 Å². The summed E-state index contributed by atoms with van der Waals surface area (Å²) in [4.78, 5) is 24.5. The summed E-state index contributed by atoms with van der Waals surface area (Å²) >= 11 is 0. The Bertz CT molecular complexity index is 1020. The first-order valence-corrected chi connectivity index (χ1v) is 8.39. The Labute approximate surface area is 154 Å². The maximum Gasteiger partial charge on any atom is 0.311 e. The van der Waals surface area contributed by atoms with Gasteiger partial charge < -0.3 is 24.5 Å². The summed E-state index contributed by atoms with van der Waals surface area (Å²) < 4.78 is 10.6. The topological polar surface area (TPSA) is 117 Å². The first kappa shape index (κ1) is 18.5. The van der Waals surface area contributed by atoms with Gasteiger partial charge in [-0.1, -0.05) is 12.1 Å². The van der Waals surface area contributed by atoms with Gasteiger partial charge in [0.25, 0.3) is 0 Å². The molecule has 7 nitrogen and oxygen atoms in total. The average molecular weight is 370 g/mol. The number of aromatic hydroxyl groups is 2. The molecule has 2 aromatic carbocycles. The predicted octanol–water partition coefficient (Wildman–Crippen LogP) is 2.94. The number of ether oxygens (including phenoxy) is 1. The number of carbonyl (C=O) groups excluding carboxylic acids is 1. The number of phenols is 2. The number of hydrogen-bond donors (Lipinski definition) is 3. The molecule has 0 saturated heterocycles. The smallest absolute Gasteiger partial charge is 0.311 e. The van der Waals surface area contributed by atoms with Crippen LogP contribution in [0.2, 0.25) is 0 Å². The second kappa shape index (κ2) is 7.92. The standard InChI is InChI=1S/C20H18O7/c21-8-2-1-3-18(24)27-14-9-16(23)19-17(10-14)26-11-15(20(19)25)12-4-6-13(22)7-5-12/h4-7,9-11,21-23H,1-3,8H2. The number of aliphatic hydroxyl groups is 1. The lowest BCUT2D eigenvalue weighted by Crippen LogP contribution is -2.09. The molecule has 0 aliphatic heterocycles. The van der Waals surface area contributed by atoms with Gasteiger partial charge in [-0.25, -0.2) is 0 Å². The number of rotatable bonds is 6. The fourth-order valence-electron chi connectivity index (χ4n) is 2.67. The molecule has 0 bridgehead atoms. The molecular weight excluding hydrogens is 352 g/mol. The zero-order chi connectivity index (χ0) is 19.4. The maximum absolute atomic E-state index is 12.7. The van der Waals surface area contributed by atoms with Crippen molar-refractivity contribution in [1.29, 1.82) is 0 Å². The molecular formula is C20H18O7. The molecule has 140 valence electrons. The van der Waals surface area contributed by atoms with Crippen molar-refractivity contribution in [2.45, 2.75) is 19.3 Å². The van der Waals surface area contributed by atoms with Gasteiger partial charge in [0.1, 0.15) is 34.5 Å². The van der Waals surface area contributed by atoms with E-state index in [-0.39, 0.29) is 46.8 Å². The van der Waals surface area contributed by atoms with Gasteiger partial charge in [0.05, 0.1) is 5.56 Å². The highest BCUT2D eigenvalue weighted by Crippen LogP contribution is 2.31. The van der Waals surface area contributed by atoms with Crippen LogP contribution in [-0.4, -0.2) is 27.9 Å². The van der Waals surface area contributed by atoms with Crippen molar-refractivity contribution in [3.05, 3.63) is 52.9 Å². The van der Waals surface area contributed by atoms with Crippen LogP contribution in [0.25, 0.3) is 22.1 Å². The van der Waals surface area contributed by atoms with Crippen molar-refractivity contribution >= 4 is 16.9 Å². The zero-order valence-electron chi connectivity index (χ0n) is 14.3. The van der Waals surface area contributed by atoms with E-state index in [2.05, 4.69) is 0 Å². The molecule has 0 fully saturated rings. The highest BCUT2D eigenvalue weighted by atomic mass is 16.5. The maximum atomic E-state index is 12.7. The van der Waals surface area contributed by atoms with Crippen LogP contribution in [0.1, 0.15) is 19.3 Å². The Morgan fingerprint density at radius 2 is 1.81 bits per heavy atom. The van der Waals surface area contributed by atoms with Crippen LogP contribution in [0.4, 0.5) is 0 Å². The average Bonchev–Trinajstić information content (AvgIpc) is 2.63. The Morgan fingerprint density at radius 3 is 2.52 bits per heavy atom. The molecule has 0 aliphatic carbocycles. The highest BCUT2D eigenvalue weighted by Gasteiger charge is 2.16. The van der Waals surface area contributed by atoms with Crippen LogP contribution >= 0.6 is 0 Å².